The molecule has 1 saturated carbocycles. The van der Waals surface area contributed by atoms with Crippen molar-refractivity contribution < 1.29 is 9.90 Å². The Morgan fingerprint density at radius 3 is 2.81 bits per heavy atom. The Balaban J connectivity index is 2.08. The summed E-state index contributed by atoms with van der Waals surface area (Å²) in [6.45, 7) is 1.85. The number of carbonyl (C=O) groups is 1. The number of aliphatic hydroxyl groups is 1. The van der Waals surface area contributed by atoms with Crippen LogP contribution in [0.15, 0.2) is 18.2 Å². The van der Waals surface area contributed by atoms with Crippen molar-refractivity contribution in [2.45, 2.75) is 31.7 Å². The van der Waals surface area contributed by atoms with Crippen molar-refractivity contribution in [3.8, 4) is 0 Å². The topological polar surface area (TPSA) is 62.2 Å². The highest BCUT2D eigenvalue weighted by molar-refractivity contribution is 5.92. The van der Waals surface area contributed by atoms with E-state index in [2.05, 4.69) is 10.3 Å². The van der Waals surface area contributed by atoms with Crippen molar-refractivity contribution >= 4 is 5.91 Å². The summed E-state index contributed by atoms with van der Waals surface area (Å²) < 4.78 is 0. The summed E-state index contributed by atoms with van der Waals surface area (Å²) in [5.74, 6) is -0.197. The fourth-order valence-corrected chi connectivity index (χ4v) is 1.90. The average Bonchev–Trinajstić information content (AvgIpc) is 2.23. The summed E-state index contributed by atoms with van der Waals surface area (Å²) in [5.41, 5.74) is 0.835. The maximum Gasteiger partial charge on any atom is 0.270 e. The molecule has 4 nitrogen and oxygen atoms in total. The number of hydrogen-bond acceptors (Lipinski definition) is 3. The van der Waals surface area contributed by atoms with Crippen molar-refractivity contribution in [3.63, 3.8) is 0 Å². The van der Waals surface area contributed by atoms with Crippen LogP contribution in [0.1, 0.15) is 35.4 Å². The van der Waals surface area contributed by atoms with Gasteiger partial charge in [0.2, 0.25) is 0 Å². The van der Waals surface area contributed by atoms with Crippen LogP contribution in [0.4, 0.5) is 0 Å². The number of pyridine rings is 1. The van der Waals surface area contributed by atoms with E-state index < -0.39 is 5.54 Å². The fraction of sp³-hybridized carbons (Fsp3) is 0.500. The molecule has 0 aromatic carbocycles. The number of nitrogens with one attached hydrogen (secondary N) is 1. The molecule has 1 fully saturated rings. The van der Waals surface area contributed by atoms with E-state index in [0.717, 1.165) is 25.0 Å². The van der Waals surface area contributed by atoms with Crippen LogP contribution in [0.2, 0.25) is 0 Å². The van der Waals surface area contributed by atoms with Crippen LogP contribution < -0.4 is 5.32 Å². The highest BCUT2D eigenvalue weighted by atomic mass is 16.3. The molecule has 1 heterocycles. The minimum atomic E-state index is -0.400. The molecular formula is C12H16N2O2. The van der Waals surface area contributed by atoms with Crippen LogP contribution in [0, 0.1) is 6.92 Å². The molecule has 2 rings (SSSR count). The Kier molecular flexibility index (Phi) is 2.92. The van der Waals surface area contributed by atoms with E-state index in [9.17, 15) is 9.90 Å². The number of nitrogens with zero attached hydrogens (tertiary/aromatic N) is 1. The van der Waals surface area contributed by atoms with Crippen molar-refractivity contribution in [3.05, 3.63) is 29.6 Å². The summed E-state index contributed by atoms with van der Waals surface area (Å²) in [6.07, 6.45) is 2.75. The van der Waals surface area contributed by atoms with Crippen LogP contribution >= 0.6 is 0 Å². The molecule has 0 saturated heterocycles. The molecule has 1 aliphatic carbocycles. The second-order valence-electron chi connectivity index (χ2n) is 4.41. The minimum Gasteiger partial charge on any atom is -0.394 e. The number of carbonyl (C=O) groups excluding carboxylic acids is 1. The maximum absolute atomic E-state index is 11.9. The van der Waals surface area contributed by atoms with Gasteiger partial charge in [-0.3, -0.25) is 4.79 Å². The molecule has 0 spiro atoms. The van der Waals surface area contributed by atoms with Gasteiger partial charge in [-0.25, -0.2) is 4.98 Å². The first-order chi connectivity index (χ1) is 7.65. The Morgan fingerprint density at radius 1 is 1.56 bits per heavy atom. The van der Waals surface area contributed by atoms with Gasteiger partial charge in [-0.15, -0.1) is 0 Å². The summed E-state index contributed by atoms with van der Waals surface area (Å²) in [4.78, 5) is 16.0. The largest absolute Gasteiger partial charge is 0.394 e. The van der Waals surface area contributed by atoms with E-state index in [1.54, 1.807) is 6.07 Å². The second kappa shape index (κ2) is 4.22. The zero-order chi connectivity index (χ0) is 11.6. The third-order valence-corrected chi connectivity index (χ3v) is 3.11. The van der Waals surface area contributed by atoms with Gasteiger partial charge in [-0.05, 0) is 38.3 Å². The van der Waals surface area contributed by atoms with Crippen LogP contribution in [-0.2, 0) is 0 Å². The molecule has 0 radical (unpaired) electrons. The summed E-state index contributed by atoms with van der Waals surface area (Å²) in [7, 11) is 0. The molecule has 0 atom stereocenters. The predicted molar refractivity (Wildman–Crippen MR) is 60.1 cm³/mol. The highest BCUT2D eigenvalue weighted by Crippen LogP contribution is 2.31. The number of hydrogen-bond donors (Lipinski definition) is 2. The van der Waals surface area contributed by atoms with Crippen molar-refractivity contribution in [1.29, 1.82) is 0 Å². The molecule has 1 amide bonds. The molecule has 0 bridgehead atoms. The zero-order valence-corrected chi connectivity index (χ0v) is 9.36. The molecule has 16 heavy (non-hydrogen) atoms. The number of aryl methyl sites for hydroxylation is 1. The van der Waals surface area contributed by atoms with Gasteiger partial charge in [0, 0.05) is 5.69 Å². The van der Waals surface area contributed by atoms with Gasteiger partial charge < -0.3 is 10.4 Å². The molecule has 1 aromatic heterocycles. The van der Waals surface area contributed by atoms with Crippen LogP contribution in [-0.4, -0.2) is 28.1 Å². The first-order valence-electron chi connectivity index (χ1n) is 5.52. The Morgan fingerprint density at radius 2 is 2.31 bits per heavy atom. The Hall–Kier alpha value is -1.42. The third kappa shape index (κ3) is 2.07. The maximum atomic E-state index is 11.9. The normalized spacial score (nSPS) is 17.6. The first kappa shape index (κ1) is 11.1. The van der Waals surface area contributed by atoms with E-state index in [-0.39, 0.29) is 12.5 Å². The number of rotatable bonds is 3. The molecule has 2 N–H and O–H groups in total. The van der Waals surface area contributed by atoms with Gasteiger partial charge >= 0.3 is 0 Å². The summed E-state index contributed by atoms with van der Waals surface area (Å²) >= 11 is 0. The standard InChI is InChI=1S/C12H16N2O2/c1-9-4-2-5-10(13-9)11(16)14-12(8-15)6-3-7-12/h2,4-5,15H,3,6-8H2,1H3,(H,14,16). The van der Waals surface area contributed by atoms with E-state index in [1.165, 1.54) is 0 Å². The van der Waals surface area contributed by atoms with E-state index in [0.29, 0.717) is 5.69 Å². The Labute approximate surface area is 94.7 Å². The molecular weight excluding hydrogens is 204 g/mol. The smallest absolute Gasteiger partial charge is 0.270 e. The molecule has 86 valence electrons. The van der Waals surface area contributed by atoms with Crippen molar-refractivity contribution in [1.82, 2.24) is 10.3 Å². The van der Waals surface area contributed by atoms with Crippen molar-refractivity contribution in [2.75, 3.05) is 6.61 Å². The lowest BCUT2D eigenvalue weighted by molar-refractivity contribution is 0.0637. The van der Waals surface area contributed by atoms with Gasteiger partial charge in [0.25, 0.3) is 5.91 Å². The van der Waals surface area contributed by atoms with E-state index in [1.807, 2.05) is 19.1 Å². The number of aliphatic hydroxyl groups excluding tert-OH is 1. The molecule has 0 unspecified atom stereocenters. The predicted octanol–water partition coefficient (Wildman–Crippen LogP) is 1.03. The van der Waals surface area contributed by atoms with Gasteiger partial charge in [-0.2, -0.15) is 0 Å². The molecule has 1 aliphatic rings. The van der Waals surface area contributed by atoms with Gasteiger partial charge in [0.1, 0.15) is 5.69 Å². The summed E-state index contributed by atoms with van der Waals surface area (Å²) in [5, 5.41) is 12.1. The lowest BCUT2D eigenvalue weighted by Gasteiger charge is -2.40. The third-order valence-electron chi connectivity index (χ3n) is 3.11. The minimum absolute atomic E-state index is 0.00452. The average molecular weight is 220 g/mol. The molecule has 0 aliphatic heterocycles. The Bertz CT molecular complexity index is 394. The van der Waals surface area contributed by atoms with Crippen LogP contribution in [0.5, 0.6) is 0 Å². The van der Waals surface area contributed by atoms with Crippen LogP contribution in [0.25, 0.3) is 0 Å². The van der Waals surface area contributed by atoms with Crippen LogP contribution in [0.3, 0.4) is 0 Å². The highest BCUT2D eigenvalue weighted by Gasteiger charge is 2.38. The van der Waals surface area contributed by atoms with Gasteiger partial charge in [0.15, 0.2) is 0 Å². The first-order valence-corrected chi connectivity index (χ1v) is 5.52. The molecule has 4 heteroatoms. The second-order valence-corrected chi connectivity index (χ2v) is 4.41. The summed E-state index contributed by atoms with van der Waals surface area (Å²) in [6, 6.07) is 5.34. The lowest BCUT2D eigenvalue weighted by Crippen LogP contribution is -2.56. The van der Waals surface area contributed by atoms with Crippen molar-refractivity contribution in [2.24, 2.45) is 0 Å². The fourth-order valence-electron chi connectivity index (χ4n) is 1.90. The SMILES string of the molecule is Cc1cccc(C(=O)NC2(CO)CCC2)n1. The van der Waals surface area contributed by atoms with E-state index >= 15 is 0 Å². The number of amides is 1. The van der Waals surface area contributed by atoms with Gasteiger partial charge in [-0.1, -0.05) is 6.07 Å². The van der Waals surface area contributed by atoms with Gasteiger partial charge in [0.05, 0.1) is 12.1 Å². The lowest BCUT2D eigenvalue weighted by atomic mass is 9.77. The monoisotopic (exact) mass is 220 g/mol. The number of aromatic nitrogens is 1. The quantitative estimate of drug-likeness (QED) is 0.800. The zero-order valence-electron chi connectivity index (χ0n) is 9.36. The van der Waals surface area contributed by atoms with E-state index in [4.69, 9.17) is 0 Å². The molecule has 1 aromatic rings.